The van der Waals surface area contributed by atoms with E-state index >= 15 is 0 Å². The molecule has 0 aliphatic carbocycles. The number of likely N-dealkylation sites (tertiary alicyclic amines) is 1. The summed E-state index contributed by atoms with van der Waals surface area (Å²) in [5, 5.41) is 4.09. The number of imidazole rings is 1. The Morgan fingerprint density at radius 2 is 1.78 bits per heavy atom. The molecule has 0 unspecified atom stereocenters. The number of benzene rings is 1. The standard InChI is InChI=1S/C17H23ClN4O/c18-12-1-2-16-15(11-12)20-17(23)22(16)14-5-9-21(10-6-14)13-3-7-19-8-4-13/h1-2,11,13-14,19H,3-10H2,(H,20,23). The molecule has 2 aliphatic rings. The van der Waals surface area contributed by atoms with E-state index in [0.29, 0.717) is 5.02 Å². The number of fused-ring (bicyclic) bond motifs is 1. The van der Waals surface area contributed by atoms with Gasteiger partial charge in [0.2, 0.25) is 0 Å². The highest BCUT2D eigenvalue weighted by atomic mass is 35.5. The third kappa shape index (κ3) is 2.93. The van der Waals surface area contributed by atoms with Gasteiger partial charge in [0.15, 0.2) is 0 Å². The summed E-state index contributed by atoms with van der Waals surface area (Å²) >= 11 is 6.03. The van der Waals surface area contributed by atoms with E-state index in [9.17, 15) is 4.79 Å². The zero-order valence-corrected chi connectivity index (χ0v) is 14.0. The number of hydrogen-bond acceptors (Lipinski definition) is 3. The van der Waals surface area contributed by atoms with E-state index in [1.165, 1.54) is 12.8 Å². The fraction of sp³-hybridized carbons (Fsp3) is 0.588. The van der Waals surface area contributed by atoms with Crippen LogP contribution < -0.4 is 11.0 Å². The summed E-state index contributed by atoms with van der Waals surface area (Å²) in [6.07, 6.45) is 4.57. The third-order valence-electron chi connectivity index (χ3n) is 5.37. The third-order valence-corrected chi connectivity index (χ3v) is 5.60. The highest BCUT2D eigenvalue weighted by molar-refractivity contribution is 6.31. The SMILES string of the molecule is O=c1[nH]c2cc(Cl)ccc2n1C1CCN(C2CCNCC2)CC1. The molecule has 0 amide bonds. The van der Waals surface area contributed by atoms with Crippen molar-refractivity contribution in [2.75, 3.05) is 26.2 Å². The maximum absolute atomic E-state index is 12.4. The number of H-pyrrole nitrogens is 1. The second kappa shape index (κ2) is 6.30. The Morgan fingerprint density at radius 3 is 2.52 bits per heavy atom. The molecule has 124 valence electrons. The minimum Gasteiger partial charge on any atom is -0.317 e. The first-order chi connectivity index (χ1) is 11.2. The average Bonchev–Trinajstić information content (AvgIpc) is 2.90. The van der Waals surface area contributed by atoms with Crippen LogP contribution in [0.1, 0.15) is 31.7 Å². The number of nitrogens with zero attached hydrogens (tertiary/aromatic N) is 2. The molecular formula is C17H23ClN4O. The highest BCUT2D eigenvalue weighted by Gasteiger charge is 2.28. The van der Waals surface area contributed by atoms with Crippen LogP contribution in [0, 0.1) is 0 Å². The second-order valence-electron chi connectivity index (χ2n) is 6.71. The van der Waals surface area contributed by atoms with Gasteiger partial charge in [-0.1, -0.05) is 11.6 Å². The van der Waals surface area contributed by atoms with Crippen LogP contribution in [-0.2, 0) is 0 Å². The molecule has 3 heterocycles. The molecular weight excluding hydrogens is 312 g/mol. The summed E-state index contributed by atoms with van der Waals surface area (Å²) in [6.45, 7) is 4.44. The number of hydrogen-bond donors (Lipinski definition) is 2. The van der Waals surface area contributed by atoms with Crippen LogP contribution in [0.2, 0.25) is 5.02 Å². The number of rotatable bonds is 2. The largest absolute Gasteiger partial charge is 0.326 e. The van der Waals surface area contributed by atoms with Crippen LogP contribution in [0.4, 0.5) is 0 Å². The Bertz CT molecular complexity index is 739. The molecule has 2 fully saturated rings. The van der Waals surface area contributed by atoms with Crippen molar-refractivity contribution in [3.8, 4) is 0 Å². The van der Waals surface area contributed by atoms with Crippen molar-refractivity contribution in [1.29, 1.82) is 0 Å². The first-order valence-corrected chi connectivity index (χ1v) is 8.95. The molecule has 0 bridgehead atoms. The fourth-order valence-electron chi connectivity index (χ4n) is 4.15. The second-order valence-corrected chi connectivity index (χ2v) is 7.15. The van der Waals surface area contributed by atoms with E-state index in [4.69, 9.17) is 11.6 Å². The fourth-order valence-corrected chi connectivity index (χ4v) is 4.32. The summed E-state index contributed by atoms with van der Waals surface area (Å²) in [7, 11) is 0. The van der Waals surface area contributed by atoms with Crippen molar-refractivity contribution in [3.63, 3.8) is 0 Å². The van der Waals surface area contributed by atoms with Gasteiger partial charge in [-0.25, -0.2) is 4.79 Å². The lowest BCUT2D eigenvalue weighted by molar-refractivity contribution is 0.113. The van der Waals surface area contributed by atoms with Gasteiger partial charge in [-0.05, 0) is 57.0 Å². The van der Waals surface area contributed by atoms with Crippen molar-refractivity contribution in [2.45, 2.75) is 37.8 Å². The number of nitrogens with one attached hydrogen (secondary N) is 2. The lowest BCUT2D eigenvalue weighted by Gasteiger charge is -2.39. The van der Waals surface area contributed by atoms with E-state index in [1.54, 1.807) is 0 Å². The molecule has 0 atom stereocenters. The number of halogens is 1. The monoisotopic (exact) mass is 334 g/mol. The molecule has 0 saturated carbocycles. The van der Waals surface area contributed by atoms with E-state index < -0.39 is 0 Å². The van der Waals surface area contributed by atoms with Gasteiger partial charge in [0.25, 0.3) is 0 Å². The zero-order valence-electron chi connectivity index (χ0n) is 13.2. The van der Waals surface area contributed by atoms with Gasteiger partial charge in [-0.3, -0.25) is 4.57 Å². The molecule has 6 heteroatoms. The predicted octanol–water partition coefficient (Wildman–Crippen LogP) is 2.37. The molecule has 5 nitrogen and oxygen atoms in total. The molecule has 0 spiro atoms. The van der Waals surface area contributed by atoms with Crippen LogP contribution in [-0.4, -0.2) is 46.7 Å². The Kier molecular flexibility index (Phi) is 4.18. The van der Waals surface area contributed by atoms with Crippen LogP contribution >= 0.6 is 11.6 Å². The minimum absolute atomic E-state index is 0.0115. The van der Waals surface area contributed by atoms with Gasteiger partial charge >= 0.3 is 5.69 Å². The van der Waals surface area contributed by atoms with E-state index in [2.05, 4.69) is 15.2 Å². The van der Waals surface area contributed by atoms with Crippen LogP contribution in [0.15, 0.2) is 23.0 Å². The molecule has 2 N–H and O–H groups in total. The van der Waals surface area contributed by atoms with Crippen molar-refractivity contribution in [2.24, 2.45) is 0 Å². The molecule has 0 radical (unpaired) electrons. The van der Waals surface area contributed by atoms with Crippen molar-refractivity contribution in [1.82, 2.24) is 19.8 Å². The Labute approximate surface area is 140 Å². The molecule has 2 saturated heterocycles. The highest BCUT2D eigenvalue weighted by Crippen LogP contribution is 2.28. The van der Waals surface area contributed by atoms with Crippen LogP contribution in [0.3, 0.4) is 0 Å². The van der Waals surface area contributed by atoms with E-state index in [1.807, 2.05) is 22.8 Å². The number of aromatic amines is 1. The molecule has 1 aromatic carbocycles. The molecule has 4 rings (SSSR count). The van der Waals surface area contributed by atoms with Gasteiger partial charge in [0.05, 0.1) is 11.0 Å². The minimum atomic E-state index is -0.0115. The molecule has 2 aliphatic heterocycles. The van der Waals surface area contributed by atoms with Gasteiger partial charge in [-0.2, -0.15) is 0 Å². The normalized spacial score (nSPS) is 22.0. The topological polar surface area (TPSA) is 53.1 Å². The Hall–Kier alpha value is -1.30. The summed E-state index contributed by atoms with van der Waals surface area (Å²) in [4.78, 5) is 17.9. The summed E-state index contributed by atoms with van der Waals surface area (Å²) in [5.41, 5.74) is 1.80. The van der Waals surface area contributed by atoms with E-state index in [-0.39, 0.29) is 11.7 Å². The Morgan fingerprint density at radius 1 is 1.04 bits per heavy atom. The first kappa shape index (κ1) is 15.2. The molecule has 23 heavy (non-hydrogen) atoms. The van der Waals surface area contributed by atoms with Gasteiger partial charge in [-0.15, -0.1) is 0 Å². The molecule has 2 aromatic rings. The Balaban J connectivity index is 1.52. The van der Waals surface area contributed by atoms with Crippen molar-refractivity contribution < 1.29 is 0 Å². The van der Waals surface area contributed by atoms with E-state index in [0.717, 1.165) is 56.1 Å². The van der Waals surface area contributed by atoms with Crippen LogP contribution in [0.25, 0.3) is 11.0 Å². The first-order valence-electron chi connectivity index (χ1n) is 8.57. The summed E-state index contributed by atoms with van der Waals surface area (Å²) < 4.78 is 1.94. The summed E-state index contributed by atoms with van der Waals surface area (Å²) in [5.74, 6) is 0. The lowest BCUT2D eigenvalue weighted by atomic mass is 9.98. The van der Waals surface area contributed by atoms with Crippen molar-refractivity contribution in [3.05, 3.63) is 33.7 Å². The maximum atomic E-state index is 12.4. The van der Waals surface area contributed by atoms with Crippen molar-refractivity contribution >= 4 is 22.6 Å². The smallest absolute Gasteiger partial charge is 0.317 e. The maximum Gasteiger partial charge on any atom is 0.326 e. The predicted molar refractivity (Wildman–Crippen MR) is 93.3 cm³/mol. The van der Waals surface area contributed by atoms with Gasteiger partial charge < -0.3 is 15.2 Å². The molecule has 1 aromatic heterocycles. The summed E-state index contributed by atoms with van der Waals surface area (Å²) in [6, 6.07) is 6.65. The quantitative estimate of drug-likeness (QED) is 0.886. The average molecular weight is 335 g/mol. The van der Waals surface area contributed by atoms with Gasteiger partial charge in [0.1, 0.15) is 0 Å². The zero-order chi connectivity index (χ0) is 15.8. The van der Waals surface area contributed by atoms with Crippen LogP contribution in [0.5, 0.6) is 0 Å². The lowest BCUT2D eigenvalue weighted by Crippen LogP contribution is -2.47. The number of aromatic nitrogens is 2. The van der Waals surface area contributed by atoms with Gasteiger partial charge in [0, 0.05) is 30.2 Å². The number of piperidine rings is 2.